The van der Waals surface area contributed by atoms with Crippen LogP contribution in [0.5, 0.6) is 5.75 Å². The van der Waals surface area contributed by atoms with Crippen LogP contribution < -0.4 is 4.74 Å². The predicted molar refractivity (Wildman–Crippen MR) is 127 cm³/mol. The van der Waals surface area contributed by atoms with Gasteiger partial charge >= 0.3 is 11.9 Å². The number of carbonyl (C=O) groups is 2. The zero-order valence-electron chi connectivity index (χ0n) is 19.9. The van der Waals surface area contributed by atoms with E-state index in [1.165, 1.54) is 43.1 Å². The Bertz CT molecular complexity index is 853. The summed E-state index contributed by atoms with van der Waals surface area (Å²) < 4.78 is 24.7. The minimum absolute atomic E-state index is 0.121. The normalized spacial score (nSPS) is 10.6. The second kappa shape index (κ2) is 15.0. The van der Waals surface area contributed by atoms with Gasteiger partial charge in [0.1, 0.15) is 11.6 Å². The molecule has 0 atom stereocenters. The number of esters is 1. The number of benzene rings is 2. The molecule has 180 valence electrons. The van der Waals surface area contributed by atoms with Crippen LogP contribution >= 0.6 is 0 Å². The zero-order chi connectivity index (χ0) is 23.9. The first-order valence-corrected chi connectivity index (χ1v) is 12.0. The lowest BCUT2D eigenvalue weighted by atomic mass is 10.1. The fraction of sp³-hybridized carbons (Fsp3) is 0.481. The number of nitrogens with zero attached hydrogens (tertiary/aromatic N) is 1. The quantitative estimate of drug-likeness (QED) is 0.207. The molecule has 6 heteroatoms. The largest absolute Gasteiger partial charge is 0.494 e. The first kappa shape index (κ1) is 26.4. The molecule has 0 saturated heterocycles. The Hall–Kier alpha value is -2.89. The van der Waals surface area contributed by atoms with E-state index >= 15 is 0 Å². The number of halogens is 1. The van der Waals surface area contributed by atoms with Crippen LogP contribution in [0.3, 0.4) is 0 Å². The molecule has 1 amide bonds. The summed E-state index contributed by atoms with van der Waals surface area (Å²) in [5.41, 5.74) is 1.35. The predicted octanol–water partition coefficient (Wildman–Crippen LogP) is 5.70. The lowest BCUT2D eigenvalue weighted by Crippen LogP contribution is -2.38. The van der Waals surface area contributed by atoms with Crippen molar-refractivity contribution in [3.05, 3.63) is 65.5 Å². The number of hydrogen-bond acceptors (Lipinski definition) is 4. The van der Waals surface area contributed by atoms with Gasteiger partial charge in [0.15, 0.2) is 0 Å². The van der Waals surface area contributed by atoms with Crippen LogP contribution in [-0.4, -0.2) is 36.5 Å². The molecule has 0 N–H and O–H groups in total. The summed E-state index contributed by atoms with van der Waals surface area (Å²) in [6.07, 6.45) is 7.56. The summed E-state index contributed by atoms with van der Waals surface area (Å²) in [6, 6.07) is 13.9. The number of ether oxygens (including phenoxy) is 2. The average Bonchev–Trinajstić information content (AvgIpc) is 2.82. The second-order valence-corrected chi connectivity index (χ2v) is 8.05. The lowest BCUT2D eigenvalue weighted by molar-refractivity contribution is -0.160. The van der Waals surface area contributed by atoms with Gasteiger partial charge in [-0.05, 0) is 49.1 Å². The van der Waals surface area contributed by atoms with Crippen molar-refractivity contribution in [2.45, 2.75) is 65.3 Å². The molecule has 0 aliphatic heterocycles. The van der Waals surface area contributed by atoms with Gasteiger partial charge in [0, 0.05) is 13.1 Å². The maximum atomic E-state index is 14.0. The maximum absolute atomic E-state index is 14.0. The van der Waals surface area contributed by atoms with Crippen LogP contribution in [0.25, 0.3) is 0 Å². The molecule has 0 unspecified atom stereocenters. The molecule has 5 nitrogen and oxygen atoms in total. The van der Waals surface area contributed by atoms with Gasteiger partial charge in [-0.15, -0.1) is 0 Å². The molecule has 0 aliphatic carbocycles. The standard InChI is InChI=1S/C27H36FNO4/c1-3-5-6-7-8-11-20-33-24-16-14-22(15-17-24)21-29(26(30)27(31)32-4-2)19-18-23-12-9-10-13-25(23)28/h9-10,12-17H,3-8,11,18-21H2,1-2H3. The Morgan fingerprint density at radius 2 is 1.61 bits per heavy atom. The topological polar surface area (TPSA) is 55.8 Å². The van der Waals surface area contributed by atoms with E-state index in [1.54, 1.807) is 25.1 Å². The molecule has 0 aromatic heterocycles. The van der Waals surface area contributed by atoms with E-state index in [2.05, 4.69) is 6.92 Å². The highest BCUT2D eigenvalue weighted by Crippen LogP contribution is 2.16. The molecule has 2 rings (SSSR count). The Morgan fingerprint density at radius 1 is 0.909 bits per heavy atom. The van der Waals surface area contributed by atoms with Gasteiger partial charge in [0.25, 0.3) is 0 Å². The van der Waals surface area contributed by atoms with E-state index in [9.17, 15) is 14.0 Å². The van der Waals surface area contributed by atoms with Crippen molar-refractivity contribution >= 4 is 11.9 Å². The fourth-order valence-corrected chi connectivity index (χ4v) is 3.51. The van der Waals surface area contributed by atoms with Crippen molar-refractivity contribution in [1.82, 2.24) is 4.90 Å². The van der Waals surface area contributed by atoms with Gasteiger partial charge in [-0.3, -0.25) is 4.79 Å². The molecule has 0 bridgehead atoms. The molecule has 33 heavy (non-hydrogen) atoms. The lowest BCUT2D eigenvalue weighted by Gasteiger charge is -2.22. The summed E-state index contributed by atoms with van der Waals surface area (Å²) in [5, 5.41) is 0. The Kier molecular flexibility index (Phi) is 12.0. The van der Waals surface area contributed by atoms with Crippen LogP contribution in [0.4, 0.5) is 4.39 Å². The number of rotatable bonds is 14. The van der Waals surface area contributed by atoms with Gasteiger partial charge in [-0.2, -0.15) is 0 Å². The van der Waals surface area contributed by atoms with E-state index in [1.807, 2.05) is 24.3 Å². The molecule has 0 spiro atoms. The number of carbonyl (C=O) groups excluding carboxylic acids is 2. The van der Waals surface area contributed by atoms with Crippen molar-refractivity contribution in [3.8, 4) is 5.75 Å². The van der Waals surface area contributed by atoms with Gasteiger partial charge in [0.05, 0.1) is 13.2 Å². The molecular weight excluding hydrogens is 421 g/mol. The molecule has 2 aromatic rings. The van der Waals surface area contributed by atoms with Crippen molar-refractivity contribution in [2.24, 2.45) is 0 Å². The van der Waals surface area contributed by atoms with Crippen LogP contribution in [-0.2, 0) is 27.3 Å². The summed E-state index contributed by atoms with van der Waals surface area (Å²) in [5.74, 6) is -1.17. The number of unbranched alkanes of at least 4 members (excludes halogenated alkanes) is 5. The Morgan fingerprint density at radius 3 is 2.30 bits per heavy atom. The fourth-order valence-electron chi connectivity index (χ4n) is 3.51. The van der Waals surface area contributed by atoms with Crippen molar-refractivity contribution < 1.29 is 23.5 Å². The molecule has 0 fully saturated rings. The molecule has 0 saturated carbocycles. The van der Waals surface area contributed by atoms with E-state index in [0.29, 0.717) is 18.6 Å². The first-order valence-electron chi connectivity index (χ1n) is 12.0. The molecular formula is C27H36FNO4. The minimum Gasteiger partial charge on any atom is -0.494 e. The van der Waals surface area contributed by atoms with Crippen molar-refractivity contribution in [2.75, 3.05) is 19.8 Å². The summed E-state index contributed by atoms with van der Waals surface area (Å²) in [7, 11) is 0. The maximum Gasteiger partial charge on any atom is 0.397 e. The van der Waals surface area contributed by atoms with E-state index in [-0.39, 0.29) is 25.5 Å². The molecule has 0 heterocycles. The highest BCUT2D eigenvalue weighted by molar-refractivity contribution is 6.32. The van der Waals surface area contributed by atoms with Gasteiger partial charge in [0.2, 0.25) is 0 Å². The van der Waals surface area contributed by atoms with E-state index in [0.717, 1.165) is 17.7 Å². The Labute approximate surface area is 196 Å². The molecule has 0 aliphatic rings. The third-order valence-electron chi connectivity index (χ3n) is 5.41. The molecule has 0 radical (unpaired) electrons. The van der Waals surface area contributed by atoms with Crippen LogP contribution in [0.2, 0.25) is 0 Å². The molecule has 2 aromatic carbocycles. The van der Waals surface area contributed by atoms with Crippen molar-refractivity contribution in [1.29, 1.82) is 0 Å². The second-order valence-electron chi connectivity index (χ2n) is 8.05. The van der Waals surface area contributed by atoms with Crippen LogP contribution in [0.1, 0.15) is 63.5 Å². The van der Waals surface area contributed by atoms with Gasteiger partial charge in [-0.25, -0.2) is 9.18 Å². The highest BCUT2D eigenvalue weighted by atomic mass is 19.1. The third kappa shape index (κ3) is 9.64. The van der Waals surface area contributed by atoms with Gasteiger partial charge in [-0.1, -0.05) is 69.4 Å². The first-order chi connectivity index (χ1) is 16.0. The average molecular weight is 458 g/mol. The van der Waals surface area contributed by atoms with Crippen molar-refractivity contribution in [3.63, 3.8) is 0 Å². The van der Waals surface area contributed by atoms with Crippen LogP contribution in [0, 0.1) is 5.82 Å². The smallest absolute Gasteiger partial charge is 0.397 e. The SMILES string of the molecule is CCCCCCCCOc1ccc(CN(CCc2ccccc2F)C(=O)C(=O)OCC)cc1. The van der Waals surface area contributed by atoms with Gasteiger partial charge < -0.3 is 14.4 Å². The van der Waals surface area contributed by atoms with E-state index < -0.39 is 11.9 Å². The number of hydrogen-bond donors (Lipinski definition) is 0. The highest BCUT2D eigenvalue weighted by Gasteiger charge is 2.23. The summed E-state index contributed by atoms with van der Waals surface area (Å²) >= 11 is 0. The monoisotopic (exact) mass is 457 g/mol. The Balaban J connectivity index is 1.92. The summed E-state index contributed by atoms with van der Waals surface area (Å²) in [4.78, 5) is 26.0. The van der Waals surface area contributed by atoms with E-state index in [4.69, 9.17) is 9.47 Å². The van der Waals surface area contributed by atoms with Crippen LogP contribution in [0.15, 0.2) is 48.5 Å². The minimum atomic E-state index is -0.898. The zero-order valence-corrected chi connectivity index (χ0v) is 19.9. The third-order valence-corrected chi connectivity index (χ3v) is 5.41. The number of amides is 1. The summed E-state index contributed by atoms with van der Waals surface area (Å²) in [6.45, 7) is 5.09.